The molecule has 0 atom stereocenters. The number of nitrogens with zero attached hydrogens (tertiary/aromatic N) is 1. The van der Waals surface area contributed by atoms with Crippen molar-refractivity contribution in [1.29, 1.82) is 0 Å². The van der Waals surface area contributed by atoms with Crippen molar-refractivity contribution in [2.75, 3.05) is 33.4 Å². The molecule has 0 saturated heterocycles. The molecule has 0 aliphatic carbocycles. The molecule has 0 aliphatic rings. The molecule has 6 heteroatoms. The smallest absolute Gasteiger partial charge is 0.257 e. The van der Waals surface area contributed by atoms with E-state index in [-0.39, 0.29) is 18.2 Å². The average Bonchev–Trinajstić information content (AvgIpc) is 2.98. The largest absolute Gasteiger partial charge is 0.472 e. The lowest BCUT2D eigenvalue weighted by Crippen LogP contribution is -2.37. The van der Waals surface area contributed by atoms with E-state index in [1.54, 1.807) is 18.1 Å². The van der Waals surface area contributed by atoms with E-state index in [1.807, 2.05) is 6.92 Å². The Morgan fingerprint density at radius 3 is 2.80 bits per heavy atom. The van der Waals surface area contributed by atoms with E-state index in [0.717, 1.165) is 6.42 Å². The number of amides is 2. The monoisotopic (exact) mass is 282 g/mol. The second kappa shape index (κ2) is 9.14. The van der Waals surface area contributed by atoms with Crippen LogP contribution in [0.1, 0.15) is 30.1 Å². The standard InChI is InChI=1S/C14H22N2O4/c1-3-6-15-13(17)4-7-16(8-10-19-2)14(18)12-5-9-20-11-12/h5,9,11H,3-4,6-8,10H2,1-2H3,(H,15,17). The van der Waals surface area contributed by atoms with Gasteiger partial charge in [-0.15, -0.1) is 0 Å². The number of nitrogens with one attached hydrogen (secondary N) is 1. The van der Waals surface area contributed by atoms with Crippen LogP contribution >= 0.6 is 0 Å². The first-order valence-corrected chi connectivity index (χ1v) is 6.76. The number of hydrogen-bond acceptors (Lipinski definition) is 4. The lowest BCUT2D eigenvalue weighted by molar-refractivity contribution is -0.121. The van der Waals surface area contributed by atoms with E-state index < -0.39 is 0 Å². The molecule has 1 rings (SSSR count). The van der Waals surface area contributed by atoms with E-state index in [2.05, 4.69) is 5.32 Å². The molecule has 2 amide bonds. The number of hydrogen-bond donors (Lipinski definition) is 1. The minimum Gasteiger partial charge on any atom is -0.472 e. The van der Waals surface area contributed by atoms with Crippen molar-refractivity contribution in [3.63, 3.8) is 0 Å². The Morgan fingerprint density at radius 2 is 2.20 bits per heavy atom. The van der Waals surface area contributed by atoms with Crippen molar-refractivity contribution in [1.82, 2.24) is 10.2 Å². The highest BCUT2D eigenvalue weighted by Crippen LogP contribution is 2.06. The quantitative estimate of drug-likeness (QED) is 0.740. The second-order valence-corrected chi connectivity index (χ2v) is 4.40. The predicted octanol–water partition coefficient (Wildman–Crippen LogP) is 1.28. The van der Waals surface area contributed by atoms with Crippen molar-refractivity contribution in [3.05, 3.63) is 24.2 Å². The van der Waals surface area contributed by atoms with E-state index in [1.165, 1.54) is 12.5 Å². The zero-order valence-corrected chi connectivity index (χ0v) is 12.1. The molecule has 1 aromatic heterocycles. The highest BCUT2D eigenvalue weighted by molar-refractivity contribution is 5.94. The third kappa shape index (κ3) is 5.44. The van der Waals surface area contributed by atoms with Crippen LogP contribution in [0.15, 0.2) is 23.0 Å². The van der Waals surface area contributed by atoms with Crippen LogP contribution in [0, 0.1) is 0 Å². The van der Waals surface area contributed by atoms with E-state index >= 15 is 0 Å². The summed E-state index contributed by atoms with van der Waals surface area (Å²) < 4.78 is 9.90. The summed E-state index contributed by atoms with van der Waals surface area (Å²) in [6.45, 7) is 3.89. The van der Waals surface area contributed by atoms with Gasteiger partial charge in [0.15, 0.2) is 0 Å². The number of carbonyl (C=O) groups excluding carboxylic acids is 2. The number of carbonyl (C=O) groups is 2. The van der Waals surface area contributed by atoms with Crippen LogP contribution in [0.3, 0.4) is 0 Å². The minimum atomic E-state index is -0.154. The molecule has 0 bridgehead atoms. The van der Waals surface area contributed by atoms with Crippen LogP contribution in [-0.2, 0) is 9.53 Å². The summed E-state index contributed by atoms with van der Waals surface area (Å²) in [5, 5.41) is 2.79. The summed E-state index contributed by atoms with van der Waals surface area (Å²) in [7, 11) is 1.58. The van der Waals surface area contributed by atoms with E-state index in [4.69, 9.17) is 9.15 Å². The molecule has 6 nitrogen and oxygen atoms in total. The summed E-state index contributed by atoms with van der Waals surface area (Å²) in [6.07, 6.45) is 4.04. The van der Waals surface area contributed by atoms with Crippen LogP contribution < -0.4 is 5.32 Å². The highest BCUT2D eigenvalue weighted by Gasteiger charge is 2.17. The van der Waals surface area contributed by atoms with Crippen LogP contribution in [-0.4, -0.2) is 50.1 Å². The summed E-state index contributed by atoms with van der Waals surface area (Å²) in [6, 6.07) is 1.61. The van der Waals surface area contributed by atoms with Crippen molar-refractivity contribution < 1.29 is 18.7 Å². The van der Waals surface area contributed by atoms with Gasteiger partial charge in [0.1, 0.15) is 6.26 Å². The fraction of sp³-hybridized carbons (Fsp3) is 0.571. The van der Waals surface area contributed by atoms with Crippen molar-refractivity contribution in [3.8, 4) is 0 Å². The van der Waals surface area contributed by atoms with Gasteiger partial charge in [-0.3, -0.25) is 9.59 Å². The third-order valence-electron chi connectivity index (χ3n) is 2.80. The van der Waals surface area contributed by atoms with Gasteiger partial charge in [0, 0.05) is 33.2 Å². The van der Waals surface area contributed by atoms with Gasteiger partial charge in [0.05, 0.1) is 18.4 Å². The number of furan rings is 1. The molecule has 1 heterocycles. The molecule has 1 aromatic rings. The molecular weight excluding hydrogens is 260 g/mol. The number of ether oxygens (including phenoxy) is 1. The van der Waals surface area contributed by atoms with Gasteiger partial charge >= 0.3 is 0 Å². The Bertz CT molecular complexity index is 403. The van der Waals surface area contributed by atoms with Gasteiger partial charge in [0.2, 0.25) is 5.91 Å². The number of methoxy groups -OCH3 is 1. The van der Waals surface area contributed by atoms with Crippen molar-refractivity contribution in [2.45, 2.75) is 19.8 Å². The van der Waals surface area contributed by atoms with Crippen LogP contribution in [0.25, 0.3) is 0 Å². The highest BCUT2D eigenvalue weighted by atomic mass is 16.5. The van der Waals surface area contributed by atoms with Gasteiger partial charge in [-0.2, -0.15) is 0 Å². The fourth-order valence-electron chi connectivity index (χ4n) is 1.67. The first-order valence-electron chi connectivity index (χ1n) is 6.76. The van der Waals surface area contributed by atoms with Crippen molar-refractivity contribution >= 4 is 11.8 Å². The third-order valence-corrected chi connectivity index (χ3v) is 2.80. The lowest BCUT2D eigenvalue weighted by Gasteiger charge is -2.21. The predicted molar refractivity (Wildman–Crippen MR) is 74.4 cm³/mol. The maximum Gasteiger partial charge on any atom is 0.257 e. The molecule has 112 valence electrons. The first kappa shape index (κ1) is 16.2. The van der Waals surface area contributed by atoms with Gasteiger partial charge in [-0.25, -0.2) is 0 Å². The normalized spacial score (nSPS) is 10.3. The van der Waals surface area contributed by atoms with Crippen molar-refractivity contribution in [2.24, 2.45) is 0 Å². The molecule has 0 fully saturated rings. The van der Waals surface area contributed by atoms with Crippen LogP contribution in [0.2, 0.25) is 0 Å². The minimum absolute atomic E-state index is 0.0470. The van der Waals surface area contributed by atoms with Gasteiger partial charge in [0.25, 0.3) is 5.91 Å². The Labute approximate surface area is 119 Å². The molecule has 0 aliphatic heterocycles. The molecule has 0 unspecified atom stereocenters. The zero-order chi connectivity index (χ0) is 14.8. The van der Waals surface area contributed by atoms with Gasteiger partial charge < -0.3 is 19.4 Å². The summed E-state index contributed by atoms with van der Waals surface area (Å²) in [5.41, 5.74) is 0.482. The Kier molecular flexibility index (Phi) is 7.42. The molecular formula is C14H22N2O4. The maximum absolute atomic E-state index is 12.2. The Hall–Kier alpha value is -1.82. The fourth-order valence-corrected chi connectivity index (χ4v) is 1.67. The van der Waals surface area contributed by atoms with E-state index in [0.29, 0.717) is 31.8 Å². The van der Waals surface area contributed by atoms with Gasteiger partial charge in [-0.05, 0) is 12.5 Å². The number of rotatable bonds is 9. The first-order chi connectivity index (χ1) is 9.69. The average molecular weight is 282 g/mol. The van der Waals surface area contributed by atoms with Crippen LogP contribution in [0.5, 0.6) is 0 Å². The molecule has 0 aromatic carbocycles. The maximum atomic E-state index is 12.2. The lowest BCUT2D eigenvalue weighted by atomic mass is 10.2. The second-order valence-electron chi connectivity index (χ2n) is 4.40. The van der Waals surface area contributed by atoms with E-state index in [9.17, 15) is 9.59 Å². The molecule has 0 radical (unpaired) electrons. The van der Waals surface area contributed by atoms with Crippen LogP contribution in [0.4, 0.5) is 0 Å². The molecule has 0 spiro atoms. The molecule has 20 heavy (non-hydrogen) atoms. The SMILES string of the molecule is CCCNC(=O)CCN(CCOC)C(=O)c1ccoc1. The summed E-state index contributed by atoms with van der Waals surface area (Å²) in [4.78, 5) is 25.4. The Balaban J connectivity index is 2.51. The molecule has 0 saturated carbocycles. The summed E-state index contributed by atoms with van der Waals surface area (Å²) in [5.74, 6) is -0.201. The van der Waals surface area contributed by atoms with Gasteiger partial charge in [-0.1, -0.05) is 6.92 Å². The topological polar surface area (TPSA) is 71.8 Å². The zero-order valence-electron chi connectivity index (χ0n) is 12.1. The Morgan fingerprint density at radius 1 is 1.40 bits per heavy atom. The summed E-state index contributed by atoms with van der Waals surface area (Å²) >= 11 is 0. The molecule has 1 N–H and O–H groups in total.